The van der Waals surface area contributed by atoms with Gasteiger partial charge in [0.25, 0.3) is 0 Å². The van der Waals surface area contributed by atoms with Gasteiger partial charge in [0.1, 0.15) is 0 Å². The molecule has 1 aliphatic carbocycles. The van der Waals surface area contributed by atoms with Crippen molar-refractivity contribution in [3.8, 4) is 0 Å². The van der Waals surface area contributed by atoms with Gasteiger partial charge in [0.15, 0.2) is 0 Å². The lowest BCUT2D eigenvalue weighted by Crippen LogP contribution is -2.17. The zero-order valence-corrected chi connectivity index (χ0v) is 10.2. The van der Waals surface area contributed by atoms with E-state index in [0.717, 1.165) is 17.4 Å². The molecule has 1 atom stereocenters. The van der Waals surface area contributed by atoms with Crippen LogP contribution in [0.1, 0.15) is 12.8 Å². The molecule has 1 heterocycles. The minimum atomic E-state index is 0.199. The molecule has 0 aliphatic heterocycles. The fourth-order valence-electron chi connectivity index (χ4n) is 1.87. The predicted octanol–water partition coefficient (Wildman–Crippen LogP) is 3.06. The van der Waals surface area contributed by atoms with Crippen LogP contribution in [0.25, 0.3) is 10.9 Å². The van der Waals surface area contributed by atoms with Crippen LogP contribution >= 0.6 is 11.6 Å². The van der Waals surface area contributed by atoms with E-state index in [-0.39, 0.29) is 5.38 Å². The number of alkyl halides is 1. The van der Waals surface area contributed by atoms with Crippen molar-refractivity contribution in [3.05, 3.63) is 30.5 Å². The zero-order valence-electron chi connectivity index (χ0n) is 9.44. The molecule has 1 aromatic heterocycles. The Labute approximate surface area is 105 Å². The highest BCUT2D eigenvalue weighted by Crippen LogP contribution is 2.35. The average molecular weight is 248 g/mol. The number of benzene rings is 1. The van der Waals surface area contributed by atoms with E-state index in [1.165, 1.54) is 12.8 Å². The molecule has 0 radical (unpaired) electrons. The second-order valence-corrected chi connectivity index (χ2v) is 5.05. The molecule has 1 unspecified atom stereocenters. The Morgan fingerprint density at radius 1 is 1.35 bits per heavy atom. The number of nitrogens with zero attached hydrogens (tertiary/aromatic N) is 2. The van der Waals surface area contributed by atoms with Gasteiger partial charge in [-0.15, -0.1) is 11.6 Å². The number of hydrogen-bond donors (Lipinski definition) is 1. The van der Waals surface area contributed by atoms with Crippen LogP contribution in [0.15, 0.2) is 30.5 Å². The van der Waals surface area contributed by atoms with E-state index >= 15 is 0 Å². The minimum Gasteiger partial charge on any atom is -0.353 e. The van der Waals surface area contributed by atoms with Crippen molar-refractivity contribution in [2.45, 2.75) is 18.2 Å². The number of rotatable bonds is 4. The number of anilines is 1. The second-order valence-electron chi connectivity index (χ2n) is 4.49. The summed E-state index contributed by atoms with van der Waals surface area (Å²) in [7, 11) is 0. The average Bonchev–Trinajstić information content (AvgIpc) is 3.20. The fourth-order valence-corrected chi connectivity index (χ4v) is 2.20. The lowest BCUT2D eigenvalue weighted by molar-refractivity contribution is 0.766. The van der Waals surface area contributed by atoms with Gasteiger partial charge in [-0.25, -0.2) is 9.97 Å². The number of aromatic nitrogens is 2. The maximum absolute atomic E-state index is 6.23. The molecule has 17 heavy (non-hydrogen) atoms. The van der Waals surface area contributed by atoms with Crippen LogP contribution in [0.4, 0.5) is 5.95 Å². The molecular weight excluding hydrogens is 234 g/mol. The summed E-state index contributed by atoms with van der Waals surface area (Å²) in [6.45, 7) is 0.741. The minimum absolute atomic E-state index is 0.199. The molecule has 1 aliphatic rings. The van der Waals surface area contributed by atoms with Gasteiger partial charge in [-0.1, -0.05) is 18.2 Å². The van der Waals surface area contributed by atoms with E-state index in [9.17, 15) is 0 Å². The Morgan fingerprint density at radius 3 is 3.00 bits per heavy atom. The molecule has 1 aromatic carbocycles. The molecule has 1 saturated carbocycles. The van der Waals surface area contributed by atoms with Gasteiger partial charge in [-0.2, -0.15) is 0 Å². The lowest BCUT2D eigenvalue weighted by Gasteiger charge is -2.09. The van der Waals surface area contributed by atoms with Crippen LogP contribution in [0.3, 0.4) is 0 Å². The first-order valence-electron chi connectivity index (χ1n) is 5.92. The Kier molecular flexibility index (Phi) is 2.85. The first kappa shape index (κ1) is 10.8. The predicted molar refractivity (Wildman–Crippen MR) is 70.4 cm³/mol. The Hall–Kier alpha value is -1.35. The van der Waals surface area contributed by atoms with Crippen molar-refractivity contribution in [2.75, 3.05) is 11.9 Å². The smallest absolute Gasteiger partial charge is 0.223 e. The van der Waals surface area contributed by atoms with Crippen molar-refractivity contribution in [1.82, 2.24) is 9.97 Å². The maximum atomic E-state index is 6.23. The van der Waals surface area contributed by atoms with Gasteiger partial charge in [-0.3, -0.25) is 0 Å². The van der Waals surface area contributed by atoms with Crippen molar-refractivity contribution in [3.63, 3.8) is 0 Å². The zero-order chi connectivity index (χ0) is 11.7. The molecule has 0 bridgehead atoms. The molecule has 3 rings (SSSR count). The summed E-state index contributed by atoms with van der Waals surface area (Å²) >= 11 is 6.23. The molecule has 1 N–H and O–H groups in total. The first-order chi connectivity index (χ1) is 8.33. The standard InChI is InChI=1S/C13H14ClN3/c14-11(9-5-6-9)8-16-13-15-7-10-3-1-2-4-12(10)17-13/h1-4,7,9,11H,5-6,8H2,(H,15,16,17). The molecule has 4 heteroatoms. The summed E-state index contributed by atoms with van der Waals surface area (Å²) in [4.78, 5) is 8.72. The summed E-state index contributed by atoms with van der Waals surface area (Å²) < 4.78 is 0. The highest BCUT2D eigenvalue weighted by Gasteiger charge is 2.29. The van der Waals surface area contributed by atoms with Crippen LogP contribution in [0.2, 0.25) is 0 Å². The Morgan fingerprint density at radius 2 is 2.18 bits per heavy atom. The van der Waals surface area contributed by atoms with E-state index in [2.05, 4.69) is 15.3 Å². The van der Waals surface area contributed by atoms with Crippen molar-refractivity contribution >= 4 is 28.5 Å². The highest BCUT2D eigenvalue weighted by atomic mass is 35.5. The topological polar surface area (TPSA) is 37.8 Å². The summed E-state index contributed by atoms with van der Waals surface area (Å²) in [6, 6.07) is 7.96. The maximum Gasteiger partial charge on any atom is 0.223 e. The first-order valence-corrected chi connectivity index (χ1v) is 6.36. The summed E-state index contributed by atoms with van der Waals surface area (Å²) in [5.74, 6) is 1.35. The number of para-hydroxylation sites is 1. The number of nitrogens with one attached hydrogen (secondary N) is 1. The third-order valence-electron chi connectivity index (χ3n) is 3.08. The lowest BCUT2D eigenvalue weighted by atomic mass is 10.2. The number of hydrogen-bond acceptors (Lipinski definition) is 3. The molecule has 88 valence electrons. The van der Waals surface area contributed by atoms with Gasteiger partial charge >= 0.3 is 0 Å². The van der Waals surface area contributed by atoms with E-state index in [1.807, 2.05) is 30.5 Å². The van der Waals surface area contributed by atoms with E-state index in [4.69, 9.17) is 11.6 Å². The monoisotopic (exact) mass is 247 g/mol. The van der Waals surface area contributed by atoms with Crippen LogP contribution in [0, 0.1) is 5.92 Å². The number of fused-ring (bicyclic) bond motifs is 1. The van der Waals surface area contributed by atoms with Gasteiger partial charge in [0.05, 0.1) is 10.9 Å². The van der Waals surface area contributed by atoms with Gasteiger partial charge < -0.3 is 5.32 Å². The van der Waals surface area contributed by atoms with Crippen molar-refractivity contribution in [1.29, 1.82) is 0 Å². The normalized spacial score (nSPS) is 17.0. The number of halogens is 1. The highest BCUT2D eigenvalue weighted by molar-refractivity contribution is 6.21. The molecular formula is C13H14ClN3. The quantitative estimate of drug-likeness (QED) is 0.844. The Bertz CT molecular complexity index is 525. The molecule has 3 nitrogen and oxygen atoms in total. The summed E-state index contributed by atoms with van der Waals surface area (Å²) in [5.41, 5.74) is 0.961. The SMILES string of the molecule is ClC(CNc1ncc2ccccc2n1)C1CC1. The van der Waals surface area contributed by atoms with E-state index in [1.54, 1.807) is 0 Å². The van der Waals surface area contributed by atoms with Crippen LogP contribution in [-0.2, 0) is 0 Å². The molecule has 1 fully saturated rings. The van der Waals surface area contributed by atoms with Gasteiger partial charge in [0, 0.05) is 18.1 Å². The van der Waals surface area contributed by atoms with E-state index < -0.39 is 0 Å². The summed E-state index contributed by atoms with van der Waals surface area (Å²) in [6.07, 6.45) is 4.36. The third-order valence-corrected chi connectivity index (χ3v) is 3.59. The summed E-state index contributed by atoms with van der Waals surface area (Å²) in [5, 5.41) is 4.46. The largest absolute Gasteiger partial charge is 0.353 e. The molecule has 0 amide bonds. The fraction of sp³-hybridized carbons (Fsp3) is 0.385. The van der Waals surface area contributed by atoms with Crippen molar-refractivity contribution < 1.29 is 0 Å². The van der Waals surface area contributed by atoms with E-state index in [0.29, 0.717) is 11.9 Å². The van der Waals surface area contributed by atoms with Gasteiger partial charge in [-0.05, 0) is 24.8 Å². The van der Waals surface area contributed by atoms with Crippen LogP contribution < -0.4 is 5.32 Å². The molecule has 2 aromatic rings. The molecule has 0 spiro atoms. The van der Waals surface area contributed by atoms with Crippen LogP contribution in [0.5, 0.6) is 0 Å². The van der Waals surface area contributed by atoms with Crippen molar-refractivity contribution in [2.24, 2.45) is 5.92 Å². The van der Waals surface area contributed by atoms with Gasteiger partial charge in [0.2, 0.25) is 5.95 Å². The third kappa shape index (κ3) is 2.50. The molecule has 0 saturated heterocycles. The Balaban J connectivity index is 1.71. The second kappa shape index (κ2) is 4.49. The van der Waals surface area contributed by atoms with Crippen LogP contribution in [-0.4, -0.2) is 21.9 Å².